The van der Waals surface area contributed by atoms with Crippen LogP contribution in [0, 0.1) is 0 Å². The Bertz CT molecular complexity index is 315. The van der Waals surface area contributed by atoms with E-state index in [1.807, 2.05) is 6.07 Å². The standard InChI is InChI=1S/C14H22N2O/c17-11-5-10-16-9-4-8-14(12-16)15-13-6-2-1-3-7-13/h1-3,6-7,14-15,17H,4-5,8-12H2. The molecule has 0 radical (unpaired) electrons. The van der Waals surface area contributed by atoms with Crippen molar-refractivity contribution in [2.75, 3.05) is 31.6 Å². The van der Waals surface area contributed by atoms with Crippen LogP contribution >= 0.6 is 0 Å². The van der Waals surface area contributed by atoms with E-state index in [-0.39, 0.29) is 0 Å². The van der Waals surface area contributed by atoms with E-state index in [1.54, 1.807) is 0 Å². The number of piperidine rings is 1. The number of rotatable bonds is 5. The smallest absolute Gasteiger partial charge is 0.0443 e. The summed E-state index contributed by atoms with van der Waals surface area (Å²) in [6.45, 7) is 3.58. The summed E-state index contributed by atoms with van der Waals surface area (Å²) in [5.74, 6) is 0. The minimum absolute atomic E-state index is 0.299. The summed E-state index contributed by atoms with van der Waals surface area (Å²) in [6.07, 6.45) is 3.37. The van der Waals surface area contributed by atoms with Gasteiger partial charge in [-0.05, 0) is 37.9 Å². The van der Waals surface area contributed by atoms with E-state index >= 15 is 0 Å². The summed E-state index contributed by atoms with van der Waals surface area (Å²) in [6, 6.07) is 11.0. The number of aliphatic hydroxyl groups excluding tert-OH is 1. The van der Waals surface area contributed by atoms with Gasteiger partial charge in [0.05, 0.1) is 0 Å². The summed E-state index contributed by atoms with van der Waals surface area (Å²) in [5, 5.41) is 12.4. The topological polar surface area (TPSA) is 35.5 Å². The zero-order chi connectivity index (χ0) is 11.9. The van der Waals surface area contributed by atoms with Gasteiger partial charge >= 0.3 is 0 Å². The highest BCUT2D eigenvalue weighted by molar-refractivity contribution is 5.43. The Labute approximate surface area is 103 Å². The number of para-hydroxylation sites is 1. The molecule has 2 N–H and O–H groups in total. The summed E-state index contributed by atoms with van der Waals surface area (Å²) < 4.78 is 0. The molecule has 1 aromatic rings. The zero-order valence-corrected chi connectivity index (χ0v) is 10.3. The highest BCUT2D eigenvalue weighted by Crippen LogP contribution is 2.15. The molecule has 1 aliphatic heterocycles. The Morgan fingerprint density at radius 2 is 2.12 bits per heavy atom. The number of hydrogen-bond acceptors (Lipinski definition) is 3. The van der Waals surface area contributed by atoms with Gasteiger partial charge in [0.25, 0.3) is 0 Å². The maximum absolute atomic E-state index is 8.86. The number of benzene rings is 1. The van der Waals surface area contributed by atoms with E-state index < -0.39 is 0 Å². The first-order valence-electron chi connectivity index (χ1n) is 6.53. The summed E-state index contributed by atoms with van der Waals surface area (Å²) >= 11 is 0. The average Bonchev–Trinajstić information content (AvgIpc) is 2.38. The van der Waals surface area contributed by atoms with Crippen LogP contribution in [0.25, 0.3) is 0 Å². The molecule has 0 saturated carbocycles. The van der Waals surface area contributed by atoms with Crippen LogP contribution in [0.4, 0.5) is 5.69 Å². The molecule has 94 valence electrons. The number of hydrogen-bond donors (Lipinski definition) is 2. The van der Waals surface area contributed by atoms with Crippen molar-refractivity contribution in [2.24, 2.45) is 0 Å². The molecule has 0 spiro atoms. The second-order valence-corrected chi connectivity index (χ2v) is 4.73. The first-order valence-corrected chi connectivity index (χ1v) is 6.53. The second-order valence-electron chi connectivity index (χ2n) is 4.73. The van der Waals surface area contributed by atoms with Gasteiger partial charge in [0.1, 0.15) is 0 Å². The van der Waals surface area contributed by atoms with Gasteiger partial charge < -0.3 is 15.3 Å². The first-order chi connectivity index (χ1) is 8.38. The van der Waals surface area contributed by atoms with Crippen molar-refractivity contribution in [1.82, 2.24) is 4.90 Å². The summed E-state index contributed by atoms with van der Waals surface area (Å²) in [4.78, 5) is 2.44. The Hall–Kier alpha value is -1.06. The maximum atomic E-state index is 8.86. The third kappa shape index (κ3) is 4.02. The number of likely N-dealkylation sites (tertiary alicyclic amines) is 1. The van der Waals surface area contributed by atoms with Gasteiger partial charge in [-0.3, -0.25) is 0 Å². The number of aliphatic hydroxyl groups is 1. The molecule has 1 heterocycles. The fraction of sp³-hybridized carbons (Fsp3) is 0.571. The van der Waals surface area contributed by atoms with Crippen molar-refractivity contribution < 1.29 is 5.11 Å². The van der Waals surface area contributed by atoms with Crippen LogP contribution in [0.2, 0.25) is 0 Å². The Morgan fingerprint density at radius 3 is 2.88 bits per heavy atom. The van der Waals surface area contributed by atoms with E-state index in [1.165, 1.54) is 25.1 Å². The molecule has 1 aliphatic rings. The maximum Gasteiger partial charge on any atom is 0.0443 e. The fourth-order valence-electron chi connectivity index (χ4n) is 2.44. The molecule has 1 aromatic carbocycles. The van der Waals surface area contributed by atoms with Crippen molar-refractivity contribution in [3.8, 4) is 0 Å². The van der Waals surface area contributed by atoms with E-state index in [0.717, 1.165) is 19.5 Å². The number of nitrogens with one attached hydrogen (secondary N) is 1. The van der Waals surface area contributed by atoms with Crippen LogP contribution in [0.1, 0.15) is 19.3 Å². The SMILES string of the molecule is OCCCN1CCCC(Nc2ccccc2)C1. The molecule has 0 aliphatic carbocycles. The van der Waals surface area contributed by atoms with Gasteiger partial charge in [-0.25, -0.2) is 0 Å². The van der Waals surface area contributed by atoms with Crippen LogP contribution in [-0.2, 0) is 0 Å². The van der Waals surface area contributed by atoms with E-state index in [4.69, 9.17) is 5.11 Å². The molecule has 1 atom stereocenters. The lowest BCUT2D eigenvalue weighted by Crippen LogP contribution is -2.42. The lowest BCUT2D eigenvalue weighted by atomic mass is 10.1. The average molecular weight is 234 g/mol. The molecule has 1 saturated heterocycles. The summed E-state index contributed by atoms with van der Waals surface area (Å²) in [7, 11) is 0. The minimum Gasteiger partial charge on any atom is -0.396 e. The molecule has 0 amide bonds. The molecule has 0 aromatic heterocycles. The quantitative estimate of drug-likeness (QED) is 0.817. The molecule has 17 heavy (non-hydrogen) atoms. The largest absolute Gasteiger partial charge is 0.396 e. The van der Waals surface area contributed by atoms with Crippen molar-refractivity contribution in [3.05, 3.63) is 30.3 Å². The molecular weight excluding hydrogens is 212 g/mol. The molecule has 1 fully saturated rings. The first kappa shape index (κ1) is 12.4. The molecule has 3 heteroatoms. The molecular formula is C14H22N2O. The van der Waals surface area contributed by atoms with E-state index in [2.05, 4.69) is 34.5 Å². The van der Waals surface area contributed by atoms with Gasteiger partial charge in [-0.1, -0.05) is 18.2 Å². The lowest BCUT2D eigenvalue weighted by molar-refractivity contribution is 0.190. The lowest BCUT2D eigenvalue weighted by Gasteiger charge is -2.33. The summed E-state index contributed by atoms with van der Waals surface area (Å²) in [5.41, 5.74) is 1.21. The molecule has 1 unspecified atom stereocenters. The minimum atomic E-state index is 0.299. The number of anilines is 1. The highest BCUT2D eigenvalue weighted by atomic mass is 16.3. The van der Waals surface area contributed by atoms with Crippen molar-refractivity contribution in [1.29, 1.82) is 0 Å². The Kier molecular flexibility index (Phi) is 4.83. The van der Waals surface area contributed by atoms with Crippen LogP contribution in [-0.4, -0.2) is 42.3 Å². The van der Waals surface area contributed by atoms with Crippen molar-refractivity contribution >= 4 is 5.69 Å². The Morgan fingerprint density at radius 1 is 1.29 bits per heavy atom. The van der Waals surface area contributed by atoms with Crippen molar-refractivity contribution in [3.63, 3.8) is 0 Å². The molecule has 2 rings (SSSR count). The molecule has 0 bridgehead atoms. The van der Waals surface area contributed by atoms with E-state index in [9.17, 15) is 0 Å². The van der Waals surface area contributed by atoms with Crippen LogP contribution in [0.5, 0.6) is 0 Å². The van der Waals surface area contributed by atoms with Gasteiger partial charge in [-0.15, -0.1) is 0 Å². The normalized spacial score (nSPS) is 21.4. The third-order valence-corrected chi connectivity index (χ3v) is 3.28. The van der Waals surface area contributed by atoms with Crippen LogP contribution < -0.4 is 5.32 Å². The molecule has 3 nitrogen and oxygen atoms in total. The number of nitrogens with zero attached hydrogens (tertiary/aromatic N) is 1. The Balaban J connectivity index is 1.81. The monoisotopic (exact) mass is 234 g/mol. The second kappa shape index (κ2) is 6.62. The predicted octanol–water partition coefficient (Wildman–Crippen LogP) is 1.95. The van der Waals surface area contributed by atoms with Gasteiger partial charge in [0.15, 0.2) is 0 Å². The van der Waals surface area contributed by atoms with E-state index in [0.29, 0.717) is 12.6 Å². The van der Waals surface area contributed by atoms with Crippen LogP contribution in [0.15, 0.2) is 30.3 Å². The van der Waals surface area contributed by atoms with Crippen molar-refractivity contribution in [2.45, 2.75) is 25.3 Å². The van der Waals surface area contributed by atoms with Crippen LogP contribution in [0.3, 0.4) is 0 Å². The zero-order valence-electron chi connectivity index (χ0n) is 10.3. The highest BCUT2D eigenvalue weighted by Gasteiger charge is 2.18. The predicted molar refractivity (Wildman–Crippen MR) is 71.2 cm³/mol. The van der Waals surface area contributed by atoms with Gasteiger partial charge in [0.2, 0.25) is 0 Å². The fourth-order valence-corrected chi connectivity index (χ4v) is 2.44. The van der Waals surface area contributed by atoms with Gasteiger partial charge in [-0.2, -0.15) is 0 Å². The third-order valence-electron chi connectivity index (χ3n) is 3.28. The van der Waals surface area contributed by atoms with Gasteiger partial charge in [0, 0.05) is 31.4 Å².